The minimum absolute atomic E-state index is 0.296. The maximum Gasteiger partial charge on any atom is 0.131 e. The van der Waals surface area contributed by atoms with Crippen LogP contribution in [0.4, 0.5) is 0 Å². The maximum atomic E-state index is 8.77. The lowest BCUT2D eigenvalue weighted by Crippen LogP contribution is -1.90. The predicted molar refractivity (Wildman–Crippen MR) is 30.2 cm³/mol. The van der Waals surface area contributed by atoms with Gasteiger partial charge in [-0.05, 0) is 12.5 Å². The van der Waals surface area contributed by atoms with Gasteiger partial charge in [-0.3, -0.25) is 0 Å². The Hall–Kier alpha value is -0.920. The van der Waals surface area contributed by atoms with E-state index in [0.717, 1.165) is 5.57 Å². The van der Waals surface area contributed by atoms with Crippen LogP contribution in [-0.4, -0.2) is 5.11 Å². The molecule has 0 spiro atoms. The first-order valence-corrected chi connectivity index (χ1v) is 2.48. The quantitative estimate of drug-likeness (QED) is 0.517. The van der Waals surface area contributed by atoms with Crippen LogP contribution in [0.25, 0.3) is 0 Å². The summed E-state index contributed by atoms with van der Waals surface area (Å²) in [4.78, 5) is 0. The van der Waals surface area contributed by atoms with Crippen LogP contribution in [0.15, 0.2) is 23.9 Å². The van der Waals surface area contributed by atoms with Crippen LogP contribution >= 0.6 is 0 Å². The SMILES string of the molecule is CC1=COC=C(O)C1. The van der Waals surface area contributed by atoms with E-state index < -0.39 is 0 Å². The third kappa shape index (κ3) is 1.03. The third-order valence-corrected chi connectivity index (χ3v) is 0.933. The van der Waals surface area contributed by atoms with E-state index in [2.05, 4.69) is 0 Å². The summed E-state index contributed by atoms with van der Waals surface area (Å²) >= 11 is 0. The van der Waals surface area contributed by atoms with Crippen LogP contribution in [0.3, 0.4) is 0 Å². The molecule has 0 saturated carbocycles. The molecule has 1 rings (SSSR count). The molecule has 1 heterocycles. The van der Waals surface area contributed by atoms with Gasteiger partial charge in [-0.1, -0.05) is 0 Å². The molecule has 2 heteroatoms. The molecule has 0 unspecified atom stereocenters. The van der Waals surface area contributed by atoms with Gasteiger partial charge < -0.3 is 9.84 Å². The first kappa shape index (κ1) is 5.22. The highest BCUT2D eigenvalue weighted by molar-refractivity contribution is 5.08. The summed E-state index contributed by atoms with van der Waals surface area (Å²) in [6.45, 7) is 1.91. The van der Waals surface area contributed by atoms with E-state index in [1.807, 2.05) is 6.92 Å². The number of aliphatic hydroxyl groups excluding tert-OH is 1. The smallest absolute Gasteiger partial charge is 0.131 e. The molecule has 0 aliphatic carbocycles. The largest absolute Gasteiger partial charge is 0.509 e. The highest BCUT2D eigenvalue weighted by atomic mass is 16.5. The molecular formula is C6H8O2. The minimum Gasteiger partial charge on any atom is -0.509 e. The zero-order chi connectivity index (χ0) is 5.98. The van der Waals surface area contributed by atoms with Gasteiger partial charge >= 0.3 is 0 Å². The van der Waals surface area contributed by atoms with Crippen molar-refractivity contribution >= 4 is 0 Å². The Balaban J connectivity index is 2.57. The molecule has 44 valence electrons. The summed E-state index contributed by atoms with van der Waals surface area (Å²) in [6, 6.07) is 0. The second kappa shape index (κ2) is 1.90. The number of allylic oxidation sites excluding steroid dienone is 1. The van der Waals surface area contributed by atoms with Gasteiger partial charge in [0.2, 0.25) is 0 Å². The van der Waals surface area contributed by atoms with Crippen LogP contribution in [0.1, 0.15) is 13.3 Å². The molecule has 1 aliphatic heterocycles. The monoisotopic (exact) mass is 112 g/mol. The van der Waals surface area contributed by atoms with E-state index in [0.29, 0.717) is 12.2 Å². The topological polar surface area (TPSA) is 29.5 Å². The van der Waals surface area contributed by atoms with Crippen molar-refractivity contribution < 1.29 is 9.84 Å². The van der Waals surface area contributed by atoms with Gasteiger partial charge in [-0.25, -0.2) is 0 Å². The van der Waals surface area contributed by atoms with E-state index in [4.69, 9.17) is 9.84 Å². The van der Waals surface area contributed by atoms with Gasteiger partial charge in [-0.15, -0.1) is 0 Å². The second-order valence-electron chi connectivity index (χ2n) is 1.89. The van der Waals surface area contributed by atoms with Crippen LogP contribution in [0.5, 0.6) is 0 Å². The molecule has 2 nitrogen and oxygen atoms in total. The van der Waals surface area contributed by atoms with Crippen molar-refractivity contribution in [3.63, 3.8) is 0 Å². The molecule has 8 heavy (non-hydrogen) atoms. The lowest BCUT2D eigenvalue weighted by atomic mass is 10.2. The molecule has 0 aromatic carbocycles. The highest BCUT2D eigenvalue weighted by Gasteiger charge is 1.99. The van der Waals surface area contributed by atoms with Gasteiger partial charge in [0, 0.05) is 6.42 Å². The van der Waals surface area contributed by atoms with Crippen molar-refractivity contribution in [2.75, 3.05) is 0 Å². The molecule has 0 amide bonds. The van der Waals surface area contributed by atoms with Crippen LogP contribution in [-0.2, 0) is 4.74 Å². The Morgan fingerprint density at radius 2 is 2.38 bits per heavy atom. The fourth-order valence-electron chi connectivity index (χ4n) is 0.598. The number of aliphatic hydroxyl groups is 1. The van der Waals surface area contributed by atoms with Crippen LogP contribution < -0.4 is 0 Å². The maximum absolute atomic E-state index is 8.77. The summed E-state index contributed by atoms with van der Waals surface area (Å²) in [6.07, 6.45) is 3.59. The summed E-state index contributed by atoms with van der Waals surface area (Å²) in [5.74, 6) is 0.296. The van der Waals surface area contributed by atoms with Crippen LogP contribution in [0, 0.1) is 0 Å². The zero-order valence-electron chi connectivity index (χ0n) is 4.72. The molecule has 0 fully saturated rings. The summed E-state index contributed by atoms with van der Waals surface area (Å²) in [5.41, 5.74) is 1.05. The third-order valence-electron chi connectivity index (χ3n) is 0.933. The minimum atomic E-state index is 0.296. The second-order valence-corrected chi connectivity index (χ2v) is 1.89. The van der Waals surface area contributed by atoms with Crippen LogP contribution in [0.2, 0.25) is 0 Å². The zero-order valence-corrected chi connectivity index (χ0v) is 4.72. The standard InChI is InChI=1S/C6H8O2/c1-5-2-6(7)4-8-3-5/h3-4,7H,2H2,1H3. The summed E-state index contributed by atoms with van der Waals surface area (Å²) in [5, 5.41) is 8.77. The normalized spacial score (nSPS) is 18.6. The molecular weight excluding hydrogens is 104 g/mol. The molecule has 0 saturated heterocycles. The van der Waals surface area contributed by atoms with E-state index >= 15 is 0 Å². The summed E-state index contributed by atoms with van der Waals surface area (Å²) in [7, 11) is 0. The van der Waals surface area contributed by atoms with Crippen molar-refractivity contribution in [1.29, 1.82) is 0 Å². The first-order valence-electron chi connectivity index (χ1n) is 2.48. The average Bonchev–Trinajstić information content (AvgIpc) is 1.64. The lowest BCUT2D eigenvalue weighted by molar-refractivity contribution is 0.309. The predicted octanol–water partition coefficient (Wildman–Crippen LogP) is 1.71. The molecule has 0 radical (unpaired) electrons. The van der Waals surface area contributed by atoms with E-state index in [1.54, 1.807) is 6.26 Å². The molecule has 1 N–H and O–H groups in total. The highest BCUT2D eigenvalue weighted by Crippen LogP contribution is 2.12. The fourth-order valence-corrected chi connectivity index (χ4v) is 0.598. The first-order chi connectivity index (χ1) is 3.79. The molecule has 0 aromatic rings. The van der Waals surface area contributed by atoms with E-state index in [1.165, 1.54) is 6.26 Å². The number of hydrogen-bond acceptors (Lipinski definition) is 2. The van der Waals surface area contributed by atoms with Gasteiger partial charge in [0.05, 0.1) is 6.26 Å². The van der Waals surface area contributed by atoms with Gasteiger partial charge in [0.25, 0.3) is 0 Å². The Morgan fingerprint density at radius 1 is 1.62 bits per heavy atom. The molecule has 0 aromatic heterocycles. The molecule has 0 bridgehead atoms. The Morgan fingerprint density at radius 3 is 2.75 bits per heavy atom. The van der Waals surface area contributed by atoms with Crippen molar-refractivity contribution in [2.24, 2.45) is 0 Å². The average molecular weight is 112 g/mol. The van der Waals surface area contributed by atoms with Crippen molar-refractivity contribution in [3.8, 4) is 0 Å². The number of ether oxygens (including phenoxy) is 1. The Kier molecular flexibility index (Phi) is 1.24. The van der Waals surface area contributed by atoms with E-state index in [-0.39, 0.29) is 0 Å². The lowest BCUT2D eigenvalue weighted by Gasteiger charge is -2.05. The number of hydrogen-bond donors (Lipinski definition) is 1. The molecule has 1 aliphatic rings. The summed E-state index contributed by atoms with van der Waals surface area (Å²) < 4.78 is 4.72. The van der Waals surface area contributed by atoms with Crippen molar-refractivity contribution in [1.82, 2.24) is 0 Å². The van der Waals surface area contributed by atoms with Gasteiger partial charge in [-0.2, -0.15) is 0 Å². The molecule has 0 atom stereocenters. The number of rotatable bonds is 0. The fraction of sp³-hybridized carbons (Fsp3) is 0.333. The van der Waals surface area contributed by atoms with Crippen molar-refractivity contribution in [2.45, 2.75) is 13.3 Å². The van der Waals surface area contributed by atoms with E-state index in [9.17, 15) is 0 Å². The van der Waals surface area contributed by atoms with Gasteiger partial charge in [0.15, 0.2) is 0 Å². The van der Waals surface area contributed by atoms with Gasteiger partial charge in [0.1, 0.15) is 12.0 Å². The Bertz CT molecular complexity index is 129. The Labute approximate surface area is 48.1 Å². The van der Waals surface area contributed by atoms with Crippen molar-refractivity contribution in [3.05, 3.63) is 23.9 Å².